The molecule has 0 amide bonds. The van der Waals surface area contributed by atoms with Crippen LogP contribution in [-0.4, -0.2) is 33.2 Å². The van der Waals surface area contributed by atoms with Crippen LogP contribution in [0.15, 0.2) is 17.2 Å². The average molecular weight is 279 g/mol. The molecule has 1 aromatic heterocycles. The Kier molecular flexibility index (Phi) is 4.42. The molecule has 0 aromatic carbocycles. The van der Waals surface area contributed by atoms with Gasteiger partial charge in [0, 0.05) is 25.5 Å². The van der Waals surface area contributed by atoms with Gasteiger partial charge in [-0.25, -0.2) is 9.78 Å². The van der Waals surface area contributed by atoms with Crippen molar-refractivity contribution in [2.75, 3.05) is 11.4 Å². The number of hydrogen-bond donors (Lipinski definition) is 1. The number of aryl methyl sites for hydroxylation is 1. The molecule has 1 aliphatic heterocycles. The summed E-state index contributed by atoms with van der Waals surface area (Å²) < 4.78 is 1.60. The van der Waals surface area contributed by atoms with Gasteiger partial charge in [-0.1, -0.05) is 13.8 Å². The summed E-state index contributed by atoms with van der Waals surface area (Å²) in [5, 5.41) is 9.43. The zero-order valence-electron chi connectivity index (χ0n) is 12.0. The van der Waals surface area contributed by atoms with Crippen molar-refractivity contribution in [1.29, 1.82) is 0 Å². The van der Waals surface area contributed by atoms with Crippen LogP contribution >= 0.6 is 0 Å². The summed E-state index contributed by atoms with van der Waals surface area (Å²) in [4.78, 5) is 29.7. The van der Waals surface area contributed by atoms with Gasteiger partial charge in [-0.3, -0.25) is 4.79 Å². The molecule has 6 nitrogen and oxygen atoms in total. The quantitative estimate of drug-likeness (QED) is 0.900. The van der Waals surface area contributed by atoms with Crippen molar-refractivity contribution in [3.63, 3.8) is 0 Å². The molecular weight excluding hydrogens is 258 g/mol. The molecular formula is C14H21N3O3. The number of nitrogens with zero attached hydrogens (tertiary/aromatic N) is 3. The molecule has 1 aliphatic rings. The lowest BCUT2D eigenvalue weighted by molar-refractivity contribution is -0.140. The van der Waals surface area contributed by atoms with Gasteiger partial charge in [-0.05, 0) is 25.2 Å². The Bertz CT molecular complexity index is 541. The largest absolute Gasteiger partial charge is 0.480 e. The molecule has 0 spiro atoms. The van der Waals surface area contributed by atoms with Crippen LogP contribution in [0.4, 0.5) is 5.82 Å². The van der Waals surface area contributed by atoms with Crippen molar-refractivity contribution >= 4 is 11.8 Å². The summed E-state index contributed by atoms with van der Waals surface area (Å²) in [6.45, 7) is 5.10. The van der Waals surface area contributed by atoms with Crippen LogP contribution in [0.1, 0.15) is 33.1 Å². The fraction of sp³-hybridized carbons (Fsp3) is 0.643. The number of carboxylic acid groups (broad SMARTS) is 1. The predicted molar refractivity (Wildman–Crippen MR) is 76.0 cm³/mol. The fourth-order valence-electron chi connectivity index (χ4n) is 2.85. The Labute approximate surface area is 118 Å². The lowest BCUT2D eigenvalue weighted by Gasteiger charge is -2.37. The summed E-state index contributed by atoms with van der Waals surface area (Å²) in [5.74, 6) is -0.605. The molecule has 2 rings (SSSR count). The van der Waals surface area contributed by atoms with E-state index in [-0.39, 0.29) is 17.3 Å². The molecule has 2 unspecified atom stereocenters. The highest BCUT2D eigenvalue weighted by molar-refractivity contribution is 5.78. The third-order valence-electron chi connectivity index (χ3n) is 3.82. The van der Waals surface area contributed by atoms with E-state index in [9.17, 15) is 14.7 Å². The van der Waals surface area contributed by atoms with Crippen molar-refractivity contribution in [1.82, 2.24) is 9.55 Å². The third kappa shape index (κ3) is 2.69. The molecule has 0 saturated carbocycles. The highest BCUT2D eigenvalue weighted by Gasteiger charge is 2.36. The van der Waals surface area contributed by atoms with Gasteiger partial charge < -0.3 is 14.6 Å². The Morgan fingerprint density at radius 1 is 1.55 bits per heavy atom. The van der Waals surface area contributed by atoms with Crippen LogP contribution in [0.3, 0.4) is 0 Å². The smallest absolute Gasteiger partial charge is 0.326 e. The molecule has 1 saturated heterocycles. The lowest BCUT2D eigenvalue weighted by Crippen LogP contribution is -2.51. The monoisotopic (exact) mass is 279 g/mol. The summed E-state index contributed by atoms with van der Waals surface area (Å²) in [6, 6.07) is -0.665. The van der Waals surface area contributed by atoms with Gasteiger partial charge in [0.15, 0.2) is 5.82 Å². The topological polar surface area (TPSA) is 75.4 Å². The third-order valence-corrected chi connectivity index (χ3v) is 3.82. The van der Waals surface area contributed by atoms with Crippen LogP contribution in [0.2, 0.25) is 0 Å². The number of aliphatic carboxylic acids is 1. The van der Waals surface area contributed by atoms with Crippen LogP contribution < -0.4 is 10.5 Å². The molecule has 1 fully saturated rings. The molecule has 2 heterocycles. The zero-order valence-corrected chi connectivity index (χ0v) is 12.0. The minimum Gasteiger partial charge on any atom is -0.480 e. The van der Waals surface area contributed by atoms with Gasteiger partial charge in [0.05, 0.1) is 0 Å². The van der Waals surface area contributed by atoms with Gasteiger partial charge in [-0.15, -0.1) is 0 Å². The maximum Gasteiger partial charge on any atom is 0.326 e. The van der Waals surface area contributed by atoms with Gasteiger partial charge in [0.25, 0.3) is 5.56 Å². The Morgan fingerprint density at radius 3 is 2.95 bits per heavy atom. The maximum absolute atomic E-state index is 12.4. The number of aromatic nitrogens is 2. The van der Waals surface area contributed by atoms with Crippen LogP contribution in [0.25, 0.3) is 0 Å². The van der Waals surface area contributed by atoms with Crippen molar-refractivity contribution < 1.29 is 9.90 Å². The molecule has 2 atom stereocenters. The fourth-order valence-corrected chi connectivity index (χ4v) is 2.85. The van der Waals surface area contributed by atoms with E-state index in [2.05, 4.69) is 4.98 Å². The standard InChI is InChI=1S/C14H21N3O3/c1-3-7-16-9-6-15-12(13(16)18)17-8-4-5-10(2)11(17)14(19)20/h6,9-11H,3-5,7-8H2,1-2H3,(H,19,20). The number of rotatable bonds is 4. The molecule has 1 N–H and O–H groups in total. The SMILES string of the molecule is CCCn1ccnc(N2CCCC(C)C2C(=O)O)c1=O. The molecule has 0 radical (unpaired) electrons. The normalized spacial score (nSPS) is 22.8. The molecule has 20 heavy (non-hydrogen) atoms. The molecule has 0 bridgehead atoms. The van der Waals surface area contributed by atoms with Crippen molar-refractivity contribution in [3.8, 4) is 0 Å². The van der Waals surface area contributed by atoms with E-state index < -0.39 is 12.0 Å². The first-order valence-corrected chi connectivity index (χ1v) is 7.11. The first kappa shape index (κ1) is 14.6. The summed E-state index contributed by atoms with van der Waals surface area (Å²) in [6.07, 6.45) is 5.82. The number of carboxylic acids is 1. The highest BCUT2D eigenvalue weighted by atomic mass is 16.4. The van der Waals surface area contributed by atoms with E-state index >= 15 is 0 Å². The summed E-state index contributed by atoms with van der Waals surface area (Å²) in [7, 11) is 0. The Balaban J connectivity index is 2.41. The van der Waals surface area contributed by atoms with E-state index in [4.69, 9.17) is 0 Å². The second kappa shape index (κ2) is 6.07. The second-order valence-corrected chi connectivity index (χ2v) is 5.35. The highest BCUT2D eigenvalue weighted by Crippen LogP contribution is 2.25. The Hall–Kier alpha value is -1.85. The Morgan fingerprint density at radius 2 is 2.30 bits per heavy atom. The van der Waals surface area contributed by atoms with Gasteiger partial charge >= 0.3 is 5.97 Å². The number of anilines is 1. The van der Waals surface area contributed by atoms with E-state index in [0.29, 0.717) is 13.1 Å². The van der Waals surface area contributed by atoms with Crippen LogP contribution in [0.5, 0.6) is 0 Å². The van der Waals surface area contributed by atoms with Crippen molar-refractivity contribution in [3.05, 3.63) is 22.7 Å². The van der Waals surface area contributed by atoms with Crippen LogP contribution in [-0.2, 0) is 11.3 Å². The van der Waals surface area contributed by atoms with E-state index in [1.54, 1.807) is 21.9 Å². The van der Waals surface area contributed by atoms with E-state index in [1.165, 1.54) is 0 Å². The molecule has 6 heteroatoms. The van der Waals surface area contributed by atoms with Gasteiger partial charge in [0.1, 0.15) is 6.04 Å². The zero-order chi connectivity index (χ0) is 14.7. The molecule has 110 valence electrons. The first-order valence-electron chi connectivity index (χ1n) is 7.11. The second-order valence-electron chi connectivity index (χ2n) is 5.35. The van der Waals surface area contributed by atoms with Crippen molar-refractivity contribution in [2.45, 2.75) is 45.7 Å². The van der Waals surface area contributed by atoms with Crippen LogP contribution in [0, 0.1) is 5.92 Å². The van der Waals surface area contributed by atoms with Crippen molar-refractivity contribution in [2.24, 2.45) is 5.92 Å². The van der Waals surface area contributed by atoms with E-state index in [0.717, 1.165) is 19.3 Å². The molecule has 1 aromatic rings. The predicted octanol–water partition coefficient (Wildman–Crippen LogP) is 1.34. The summed E-state index contributed by atoms with van der Waals surface area (Å²) >= 11 is 0. The number of hydrogen-bond acceptors (Lipinski definition) is 4. The summed E-state index contributed by atoms with van der Waals surface area (Å²) in [5.41, 5.74) is -0.199. The minimum atomic E-state index is -0.885. The van der Waals surface area contributed by atoms with Gasteiger partial charge in [0.2, 0.25) is 0 Å². The number of piperidine rings is 1. The maximum atomic E-state index is 12.4. The first-order chi connectivity index (χ1) is 9.56. The molecule has 0 aliphatic carbocycles. The van der Waals surface area contributed by atoms with E-state index in [1.807, 2.05) is 13.8 Å². The average Bonchev–Trinajstić information content (AvgIpc) is 2.40. The lowest BCUT2D eigenvalue weighted by atomic mass is 9.91. The minimum absolute atomic E-state index is 0.0160. The van der Waals surface area contributed by atoms with Gasteiger partial charge in [-0.2, -0.15) is 0 Å². The number of carbonyl (C=O) groups is 1.